The Morgan fingerprint density at radius 1 is 1.16 bits per heavy atom. The number of pyridine rings is 1. The van der Waals surface area contributed by atoms with Crippen LogP contribution in [0.15, 0.2) is 39.5 Å². The predicted molar refractivity (Wildman–Crippen MR) is 125 cm³/mol. The topological polar surface area (TPSA) is 74.6 Å². The van der Waals surface area contributed by atoms with Gasteiger partial charge >= 0.3 is 11.6 Å². The molecule has 0 fully saturated rings. The molecule has 32 heavy (non-hydrogen) atoms. The minimum absolute atomic E-state index is 0.159. The van der Waals surface area contributed by atoms with Gasteiger partial charge < -0.3 is 14.4 Å². The standard InChI is InChI=1S/C26H30N2O4/c1-4-9-28-17(2)12-20(13-18(28)3)22-15-21-14-19-7-5-10-27(11-6-8-25(29)30)23(19)16-24(21)32-26(22)31/h12-16H,4-11H2,1-3H3/p+1. The number of anilines is 1. The molecule has 4 rings (SSSR count). The molecule has 1 aromatic carbocycles. The van der Waals surface area contributed by atoms with Gasteiger partial charge in [-0.15, -0.1) is 0 Å². The summed E-state index contributed by atoms with van der Waals surface area (Å²) in [6.07, 6.45) is 3.81. The SMILES string of the molecule is CCC[n+]1c(C)cc(-c2cc3cc4c(cc3oc2=O)N(CCCC(=O)O)CCC4)cc1C. The first-order valence-electron chi connectivity index (χ1n) is 11.5. The van der Waals surface area contributed by atoms with E-state index in [1.807, 2.05) is 12.1 Å². The molecule has 0 radical (unpaired) electrons. The van der Waals surface area contributed by atoms with Crippen LogP contribution in [0, 0.1) is 13.8 Å². The number of benzene rings is 1. The maximum Gasteiger partial charge on any atom is 0.344 e. The lowest BCUT2D eigenvalue weighted by Gasteiger charge is -2.31. The molecule has 0 atom stereocenters. The van der Waals surface area contributed by atoms with Crippen LogP contribution in [0.4, 0.5) is 5.69 Å². The number of aromatic nitrogens is 1. The van der Waals surface area contributed by atoms with Crippen LogP contribution in [0.1, 0.15) is 49.6 Å². The number of nitrogens with zero attached hydrogens (tertiary/aromatic N) is 2. The van der Waals surface area contributed by atoms with Gasteiger partial charge in [0.15, 0.2) is 11.4 Å². The highest BCUT2D eigenvalue weighted by Gasteiger charge is 2.20. The van der Waals surface area contributed by atoms with Crippen LogP contribution in [-0.4, -0.2) is 24.2 Å². The molecule has 168 valence electrons. The van der Waals surface area contributed by atoms with E-state index in [2.05, 4.69) is 48.4 Å². The number of carboxylic acid groups (broad SMARTS) is 1. The zero-order valence-electron chi connectivity index (χ0n) is 19.1. The molecule has 0 amide bonds. The first kappa shape index (κ1) is 22.1. The first-order valence-corrected chi connectivity index (χ1v) is 11.5. The highest BCUT2D eigenvalue weighted by Crippen LogP contribution is 2.33. The molecular formula is C26H31N2O4+. The Kier molecular flexibility index (Phi) is 6.31. The number of rotatable bonds is 7. The molecule has 0 aliphatic carbocycles. The van der Waals surface area contributed by atoms with E-state index in [-0.39, 0.29) is 12.0 Å². The van der Waals surface area contributed by atoms with E-state index in [0.29, 0.717) is 24.1 Å². The van der Waals surface area contributed by atoms with E-state index in [1.54, 1.807) is 0 Å². The van der Waals surface area contributed by atoms with Gasteiger partial charge in [0.2, 0.25) is 0 Å². The summed E-state index contributed by atoms with van der Waals surface area (Å²) in [4.78, 5) is 26.0. The smallest absolute Gasteiger partial charge is 0.344 e. The Morgan fingerprint density at radius 2 is 1.91 bits per heavy atom. The largest absolute Gasteiger partial charge is 0.481 e. The summed E-state index contributed by atoms with van der Waals surface area (Å²) in [5.74, 6) is -0.772. The summed E-state index contributed by atoms with van der Waals surface area (Å²) in [6.45, 7) is 8.84. The minimum Gasteiger partial charge on any atom is -0.481 e. The fourth-order valence-corrected chi connectivity index (χ4v) is 4.79. The fraction of sp³-hybridized carbons (Fsp3) is 0.423. The highest BCUT2D eigenvalue weighted by atomic mass is 16.4. The van der Waals surface area contributed by atoms with Gasteiger partial charge in [0.25, 0.3) is 0 Å². The Bertz CT molecular complexity index is 1210. The van der Waals surface area contributed by atoms with Crippen molar-refractivity contribution in [1.29, 1.82) is 0 Å². The highest BCUT2D eigenvalue weighted by molar-refractivity contribution is 5.86. The van der Waals surface area contributed by atoms with E-state index < -0.39 is 5.97 Å². The predicted octanol–water partition coefficient (Wildman–Crippen LogP) is 4.39. The number of carboxylic acids is 1. The molecular weight excluding hydrogens is 404 g/mol. The maximum atomic E-state index is 12.9. The summed E-state index contributed by atoms with van der Waals surface area (Å²) in [7, 11) is 0. The van der Waals surface area contributed by atoms with E-state index in [0.717, 1.165) is 60.4 Å². The van der Waals surface area contributed by atoms with Crippen molar-refractivity contribution in [3.63, 3.8) is 0 Å². The lowest BCUT2D eigenvalue weighted by atomic mass is 9.98. The van der Waals surface area contributed by atoms with Crippen molar-refractivity contribution < 1.29 is 18.9 Å². The molecule has 3 aromatic rings. The van der Waals surface area contributed by atoms with Crippen LogP contribution in [-0.2, 0) is 17.8 Å². The molecule has 0 bridgehead atoms. The van der Waals surface area contributed by atoms with Crippen molar-refractivity contribution in [2.24, 2.45) is 0 Å². The quantitative estimate of drug-likeness (QED) is 0.440. The molecule has 2 aromatic heterocycles. The molecule has 1 aliphatic heterocycles. The van der Waals surface area contributed by atoms with E-state index in [1.165, 1.54) is 5.56 Å². The first-order chi connectivity index (χ1) is 15.4. The van der Waals surface area contributed by atoms with Crippen LogP contribution < -0.4 is 15.1 Å². The molecule has 6 nitrogen and oxygen atoms in total. The number of aryl methyl sites for hydroxylation is 3. The minimum atomic E-state index is -0.772. The Labute approximate surface area is 188 Å². The number of hydrogen-bond acceptors (Lipinski definition) is 4. The molecule has 1 N–H and O–H groups in total. The summed E-state index contributed by atoms with van der Waals surface area (Å²) < 4.78 is 8.04. The second-order valence-electron chi connectivity index (χ2n) is 8.73. The summed E-state index contributed by atoms with van der Waals surface area (Å²) in [5, 5.41) is 9.86. The Hall–Kier alpha value is -3.15. The monoisotopic (exact) mass is 435 g/mol. The van der Waals surface area contributed by atoms with E-state index in [9.17, 15) is 9.59 Å². The number of hydrogen-bond donors (Lipinski definition) is 1. The molecule has 3 heterocycles. The van der Waals surface area contributed by atoms with Crippen molar-refractivity contribution in [3.05, 3.63) is 57.7 Å². The van der Waals surface area contributed by atoms with Crippen molar-refractivity contribution >= 4 is 22.6 Å². The number of fused-ring (bicyclic) bond motifs is 2. The van der Waals surface area contributed by atoms with Gasteiger partial charge in [0.05, 0.1) is 5.56 Å². The number of aliphatic carboxylic acids is 1. The second kappa shape index (κ2) is 9.15. The Balaban J connectivity index is 1.72. The second-order valence-corrected chi connectivity index (χ2v) is 8.73. The van der Waals surface area contributed by atoms with Crippen molar-refractivity contribution in [2.75, 3.05) is 18.0 Å². The summed E-state index contributed by atoms with van der Waals surface area (Å²) >= 11 is 0. The van der Waals surface area contributed by atoms with Crippen molar-refractivity contribution in [3.8, 4) is 11.1 Å². The normalized spacial score (nSPS) is 13.4. The van der Waals surface area contributed by atoms with E-state index in [4.69, 9.17) is 9.52 Å². The lowest BCUT2D eigenvalue weighted by Crippen LogP contribution is -2.40. The van der Waals surface area contributed by atoms with Crippen molar-refractivity contribution in [1.82, 2.24) is 0 Å². The third-order valence-corrected chi connectivity index (χ3v) is 6.31. The summed E-state index contributed by atoms with van der Waals surface area (Å²) in [5.41, 5.74) is 6.24. The molecule has 6 heteroatoms. The van der Waals surface area contributed by atoms with Gasteiger partial charge in [-0.1, -0.05) is 6.92 Å². The zero-order valence-corrected chi connectivity index (χ0v) is 19.1. The average Bonchev–Trinajstić information content (AvgIpc) is 2.74. The van der Waals surface area contributed by atoms with Crippen LogP contribution in [0.5, 0.6) is 0 Å². The van der Waals surface area contributed by atoms with Gasteiger partial charge in [-0.05, 0) is 37.0 Å². The van der Waals surface area contributed by atoms with E-state index >= 15 is 0 Å². The van der Waals surface area contributed by atoms with Gasteiger partial charge in [-0.2, -0.15) is 0 Å². The van der Waals surface area contributed by atoms with Gasteiger partial charge in [0, 0.05) is 74.6 Å². The zero-order chi connectivity index (χ0) is 22.8. The third kappa shape index (κ3) is 4.40. The van der Waals surface area contributed by atoms with Crippen LogP contribution in [0.3, 0.4) is 0 Å². The fourth-order valence-electron chi connectivity index (χ4n) is 4.79. The number of carbonyl (C=O) groups is 1. The average molecular weight is 436 g/mol. The molecule has 0 saturated heterocycles. The Morgan fingerprint density at radius 3 is 2.59 bits per heavy atom. The lowest BCUT2D eigenvalue weighted by molar-refractivity contribution is -0.708. The molecule has 0 spiro atoms. The van der Waals surface area contributed by atoms with Gasteiger partial charge in [-0.3, -0.25) is 4.79 Å². The molecule has 1 aliphatic rings. The van der Waals surface area contributed by atoms with Crippen LogP contribution >= 0.6 is 0 Å². The third-order valence-electron chi connectivity index (χ3n) is 6.31. The molecule has 0 unspecified atom stereocenters. The van der Waals surface area contributed by atoms with Crippen LogP contribution in [0.2, 0.25) is 0 Å². The van der Waals surface area contributed by atoms with Gasteiger partial charge in [0.1, 0.15) is 12.1 Å². The molecule has 0 saturated carbocycles. The van der Waals surface area contributed by atoms with Crippen LogP contribution in [0.25, 0.3) is 22.1 Å². The maximum absolute atomic E-state index is 12.9. The van der Waals surface area contributed by atoms with Crippen molar-refractivity contribution in [2.45, 2.75) is 59.4 Å². The van der Waals surface area contributed by atoms with Gasteiger partial charge in [-0.25, -0.2) is 9.36 Å². The summed E-state index contributed by atoms with van der Waals surface area (Å²) in [6, 6.07) is 10.1.